The van der Waals surface area contributed by atoms with Gasteiger partial charge in [0.05, 0.1) is 0 Å². The summed E-state index contributed by atoms with van der Waals surface area (Å²) in [6.07, 6.45) is 2.13. The standard InChI is InChI=1S/C21H25ClN2O2/c22-19-9-7-18(8-10-19)15-23-16-21(26)12-4-13-24(20(21)25)14-11-17-5-2-1-3-6-17/h1-3,5-10,23,26H,4,11-16H2/t21-/m1/s1. The number of benzene rings is 2. The van der Waals surface area contributed by atoms with E-state index >= 15 is 0 Å². The van der Waals surface area contributed by atoms with E-state index in [1.165, 1.54) is 5.56 Å². The van der Waals surface area contributed by atoms with Gasteiger partial charge in [0, 0.05) is 31.2 Å². The predicted molar refractivity (Wildman–Crippen MR) is 104 cm³/mol. The van der Waals surface area contributed by atoms with Gasteiger partial charge in [0.1, 0.15) is 0 Å². The lowest BCUT2D eigenvalue weighted by Crippen LogP contribution is -2.58. The summed E-state index contributed by atoms with van der Waals surface area (Å²) in [6.45, 7) is 2.21. The van der Waals surface area contributed by atoms with Crippen molar-refractivity contribution in [2.75, 3.05) is 19.6 Å². The maximum Gasteiger partial charge on any atom is 0.255 e. The van der Waals surface area contributed by atoms with Crippen LogP contribution in [-0.2, 0) is 17.8 Å². The van der Waals surface area contributed by atoms with Crippen molar-refractivity contribution < 1.29 is 9.90 Å². The third-order valence-corrected chi connectivity index (χ3v) is 5.13. The van der Waals surface area contributed by atoms with Gasteiger partial charge < -0.3 is 15.3 Å². The van der Waals surface area contributed by atoms with Gasteiger partial charge in [0.2, 0.25) is 0 Å². The molecule has 1 amide bonds. The number of carbonyl (C=O) groups excluding carboxylic acids is 1. The smallest absolute Gasteiger partial charge is 0.255 e. The maximum atomic E-state index is 12.8. The normalized spacial score (nSPS) is 20.4. The molecule has 0 bridgehead atoms. The first kappa shape index (κ1) is 18.9. The van der Waals surface area contributed by atoms with Crippen molar-refractivity contribution in [1.29, 1.82) is 0 Å². The molecule has 0 spiro atoms. The molecule has 0 aromatic heterocycles. The second-order valence-electron chi connectivity index (χ2n) is 6.89. The Labute approximate surface area is 159 Å². The lowest BCUT2D eigenvalue weighted by atomic mass is 9.91. The number of hydrogen-bond donors (Lipinski definition) is 2. The fourth-order valence-corrected chi connectivity index (χ4v) is 3.49. The predicted octanol–water partition coefficient (Wildman–Crippen LogP) is 3.03. The molecule has 138 valence electrons. The van der Waals surface area contributed by atoms with Crippen LogP contribution in [0.25, 0.3) is 0 Å². The van der Waals surface area contributed by atoms with Crippen molar-refractivity contribution in [2.24, 2.45) is 0 Å². The molecular formula is C21H25ClN2O2. The second-order valence-corrected chi connectivity index (χ2v) is 7.33. The third kappa shape index (κ3) is 4.85. The molecule has 26 heavy (non-hydrogen) atoms. The lowest BCUT2D eigenvalue weighted by Gasteiger charge is -2.38. The van der Waals surface area contributed by atoms with Gasteiger partial charge in [0.15, 0.2) is 5.60 Å². The number of piperidine rings is 1. The van der Waals surface area contributed by atoms with Crippen molar-refractivity contribution >= 4 is 17.5 Å². The first-order chi connectivity index (χ1) is 12.6. The molecule has 0 saturated carbocycles. The molecule has 4 nitrogen and oxygen atoms in total. The number of nitrogens with zero attached hydrogens (tertiary/aromatic N) is 1. The molecule has 1 atom stereocenters. The van der Waals surface area contributed by atoms with Gasteiger partial charge in [0.25, 0.3) is 5.91 Å². The van der Waals surface area contributed by atoms with Crippen LogP contribution in [0.2, 0.25) is 5.02 Å². The van der Waals surface area contributed by atoms with Crippen molar-refractivity contribution in [3.05, 3.63) is 70.7 Å². The average molecular weight is 373 g/mol. The van der Waals surface area contributed by atoms with Crippen LogP contribution < -0.4 is 5.32 Å². The Morgan fingerprint density at radius 2 is 1.81 bits per heavy atom. The van der Waals surface area contributed by atoms with Crippen LogP contribution in [0.3, 0.4) is 0 Å². The maximum absolute atomic E-state index is 12.8. The molecule has 1 aliphatic rings. The van der Waals surface area contributed by atoms with Crippen LogP contribution in [0.5, 0.6) is 0 Å². The second kappa shape index (κ2) is 8.67. The molecule has 1 heterocycles. The molecule has 1 aliphatic heterocycles. The van der Waals surface area contributed by atoms with Gasteiger partial charge in [-0.15, -0.1) is 0 Å². The fourth-order valence-electron chi connectivity index (χ4n) is 3.37. The van der Waals surface area contributed by atoms with Crippen LogP contribution in [-0.4, -0.2) is 41.1 Å². The molecule has 5 heteroatoms. The highest BCUT2D eigenvalue weighted by atomic mass is 35.5. The summed E-state index contributed by atoms with van der Waals surface area (Å²) in [7, 11) is 0. The minimum Gasteiger partial charge on any atom is -0.379 e. The van der Waals surface area contributed by atoms with E-state index < -0.39 is 5.60 Å². The minimum atomic E-state index is -1.32. The first-order valence-electron chi connectivity index (χ1n) is 9.08. The zero-order chi connectivity index (χ0) is 18.4. The number of hydrogen-bond acceptors (Lipinski definition) is 3. The van der Waals surface area contributed by atoms with E-state index in [4.69, 9.17) is 11.6 Å². The molecule has 0 unspecified atom stereocenters. The summed E-state index contributed by atoms with van der Waals surface area (Å²) in [5, 5.41) is 14.8. The van der Waals surface area contributed by atoms with Gasteiger partial charge in [-0.05, 0) is 42.5 Å². The topological polar surface area (TPSA) is 52.6 Å². The van der Waals surface area contributed by atoms with Crippen LogP contribution >= 0.6 is 11.6 Å². The highest BCUT2D eigenvalue weighted by molar-refractivity contribution is 6.30. The van der Waals surface area contributed by atoms with Crippen molar-refractivity contribution in [3.8, 4) is 0 Å². The minimum absolute atomic E-state index is 0.164. The van der Waals surface area contributed by atoms with E-state index in [0.29, 0.717) is 31.1 Å². The Hall–Kier alpha value is -1.88. The van der Waals surface area contributed by atoms with E-state index in [2.05, 4.69) is 17.4 Å². The monoisotopic (exact) mass is 372 g/mol. The third-order valence-electron chi connectivity index (χ3n) is 4.88. The van der Waals surface area contributed by atoms with E-state index in [0.717, 1.165) is 18.4 Å². The average Bonchev–Trinajstić information content (AvgIpc) is 2.66. The Bertz CT molecular complexity index is 721. The van der Waals surface area contributed by atoms with E-state index in [-0.39, 0.29) is 12.5 Å². The summed E-state index contributed by atoms with van der Waals surface area (Å²) < 4.78 is 0. The van der Waals surface area contributed by atoms with Crippen LogP contribution in [0.4, 0.5) is 0 Å². The number of amides is 1. The van der Waals surface area contributed by atoms with Crippen molar-refractivity contribution in [3.63, 3.8) is 0 Å². The highest BCUT2D eigenvalue weighted by Gasteiger charge is 2.41. The Balaban J connectivity index is 1.52. The van der Waals surface area contributed by atoms with E-state index in [9.17, 15) is 9.90 Å². The molecule has 2 aromatic rings. The quantitative estimate of drug-likeness (QED) is 0.785. The SMILES string of the molecule is O=C1N(CCc2ccccc2)CCC[C@@]1(O)CNCc1ccc(Cl)cc1. The molecule has 2 aromatic carbocycles. The number of aliphatic hydroxyl groups is 1. The highest BCUT2D eigenvalue weighted by Crippen LogP contribution is 2.22. The van der Waals surface area contributed by atoms with E-state index in [1.54, 1.807) is 4.90 Å². The Morgan fingerprint density at radius 3 is 2.54 bits per heavy atom. The fraction of sp³-hybridized carbons (Fsp3) is 0.381. The van der Waals surface area contributed by atoms with Gasteiger partial charge >= 0.3 is 0 Å². The summed E-state index contributed by atoms with van der Waals surface area (Å²) in [5.74, 6) is -0.164. The van der Waals surface area contributed by atoms with Crippen LogP contribution in [0.1, 0.15) is 24.0 Å². The molecule has 1 saturated heterocycles. The van der Waals surface area contributed by atoms with Gasteiger partial charge in [-0.1, -0.05) is 54.1 Å². The molecule has 0 radical (unpaired) electrons. The number of halogens is 1. The van der Waals surface area contributed by atoms with Crippen LogP contribution in [0.15, 0.2) is 54.6 Å². The zero-order valence-electron chi connectivity index (χ0n) is 14.8. The van der Waals surface area contributed by atoms with Crippen molar-refractivity contribution in [2.45, 2.75) is 31.4 Å². The van der Waals surface area contributed by atoms with Crippen molar-refractivity contribution in [1.82, 2.24) is 10.2 Å². The molecule has 1 fully saturated rings. The van der Waals surface area contributed by atoms with Gasteiger partial charge in [-0.3, -0.25) is 4.79 Å². The zero-order valence-corrected chi connectivity index (χ0v) is 15.6. The largest absolute Gasteiger partial charge is 0.379 e. The number of carbonyl (C=O) groups is 1. The number of likely N-dealkylation sites (tertiary alicyclic amines) is 1. The molecule has 2 N–H and O–H groups in total. The summed E-state index contributed by atoms with van der Waals surface area (Å²) in [6, 6.07) is 17.7. The van der Waals surface area contributed by atoms with E-state index in [1.807, 2.05) is 42.5 Å². The summed E-state index contributed by atoms with van der Waals surface area (Å²) in [4.78, 5) is 14.6. The van der Waals surface area contributed by atoms with Gasteiger partial charge in [-0.25, -0.2) is 0 Å². The van der Waals surface area contributed by atoms with Gasteiger partial charge in [-0.2, -0.15) is 0 Å². The summed E-state index contributed by atoms with van der Waals surface area (Å²) in [5.41, 5.74) is 0.957. The molecule has 0 aliphatic carbocycles. The number of nitrogens with one attached hydrogen (secondary N) is 1. The molecule has 3 rings (SSSR count). The first-order valence-corrected chi connectivity index (χ1v) is 9.45. The lowest BCUT2D eigenvalue weighted by molar-refractivity contribution is -0.156. The Kier molecular flexibility index (Phi) is 6.30. The summed E-state index contributed by atoms with van der Waals surface area (Å²) >= 11 is 5.89. The Morgan fingerprint density at radius 1 is 1.08 bits per heavy atom. The van der Waals surface area contributed by atoms with Crippen LogP contribution in [0, 0.1) is 0 Å². The number of rotatable bonds is 7. The molecular weight excluding hydrogens is 348 g/mol.